The van der Waals surface area contributed by atoms with Gasteiger partial charge in [0.15, 0.2) is 0 Å². The molecule has 30 heavy (non-hydrogen) atoms. The van der Waals surface area contributed by atoms with Gasteiger partial charge in [0.1, 0.15) is 5.60 Å². The van der Waals surface area contributed by atoms with Gasteiger partial charge in [0.25, 0.3) is 0 Å². The molecule has 1 aromatic heterocycles. The lowest BCUT2D eigenvalue weighted by Crippen LogP contribution is -2.63. The molecule has 162 valence electrons. The fraction of sp³-hybridized carbons (Fsp3) is 0.654. The summed E-state index contributed by atoms with van der Waals surface area (Å²) in [6.45, 7) is 11.0. The molecule has 0 aromatic carbocycles. The van der Waals surface area contributed by atoms with E-state index < -0.39 is 11.7 Å². The third-order valence-corrected chi connectivity index (χ3v) is 9.58. The Kier molecular flexibility index (Phi) is 4.10. The topological polar surface area (TPSA) is 59.7 Å². The number of fused-ring (bicyclic) bond motifs is 5. The van der Waals surface area contributed by atoms with E-state index in [9.17, 15) is 9.90 Å². The highest BCUT2D eigenvalue weighted by Gasteiger charge is 2.67. The van der Waals surface area contributed by atoms with Crippen LogP contribution in [-0.2, 0) is 9.53 Å². The third kappa shape index (κ3) is 2.40. The minimum absolute atomic E-state index is 0.0234. The number of rotatable bonds is 1. The Balaban J connectivity index is 1.61. The highest BCUT2D eigenvalue weighted by atomic mass is 16.6. The van der Waals surface area contributed by atoms with Gasteiger partial charge in [-0.2, -0.15) is 0 Å². The number of aliphatic hydroxyl groups is 1. The van der Waals surface area contributed by atoms with Gasteiger partial charge in [-0.1, -0.05) is 38.5 Å². The predicted octanol–water partition coefficient (Wildman–Crippen LogP) is 5.39. The Hall–Kier alpha value is -1.81. The molecule has 2 saturated carbocycles. The van der Waals surface area contributed by atoms with Gasteiger partial charge in [0, 0.05) is 17.4 Å². The van der Waals surface area contributed by atoms with Crippen molar-refractivity contribution >= 4 is 5.97 Å². The van der Waals surface area contributed by atoms with Crippen LogP contribution in [0.5, 0.6) is 0 Å². The average molecular weight is 411 g/mol. The first-order chi connectivity index (χ1) is 14.0. The van der Waals surface area contributed by atoms with Crippen molar-refractivity contribution in [1.29, 1.82) is 0 Å². The SMILES string of the molecule is CC1(C)OC(=O)C=CC2(C)C1CC(O)C1(C)C3=CCC(c4ccoc4)C3(C)CCC21. The maximum atomic E-state index is 12.3. The summed E-state index contributed by atoms with van der Waals surface area (Å²) in [5.74, 6) is 0.461. The van der Waals surface area contributed by atoms with Crippen LogP contribution in [0.15, 0.2) is 46.8 Å². The van der Waals surface area contributed by atoms with Crippen LogP contribution in [-0.4, -0.2) is 22.8 Å². The Labute approximate surface area is 179 Å². The van der Waals surface area contributed by atoms with Crippen molar-refractivity contribution in [2.24, 2.45) is 28.1 Å². The molecule has 1 N–H and O–H groups in total. The number of furan rings is 1. The minimum Gasteiger partial charge on any atom is -0.472 e. The number of cyclic esters (lactones) is 1. The zero-order valence-electron chi connectivity index (χ0n) is 18.8. The van der Waals surface area contributed by atoms with Gasteiger partial charge < -0.3 is 14.3 Å². The summed E-state index contributed by atoms with van der Waals surface area (Å²) >= 11 is 0. The number of allylic oxidation sites excluding steroid dienone is 2. The Morgan fingerprint density at radius 1 is 1.13 bits per heavy atom. The second-order valence-corrected chi connectivity index (χ2v) is 11.3. The molecule has 7 atom stereocenters. The number of ether oxygens (including phenoxy) is 1. The van der Waals surface area contributed by atoms with Crippen molar-refractivity contribution in [1.82, 2.24) is 0 Å². The largest absolute Gasteiger partial charge is 0.472 e. The zero-order valence-corrected chi connectivity index (χ0v) is 18.8. The van der Waals surface area contributed by atoms with E-state index in [1.165, 1.54) is 11.1 Å². The molecule has 1 aliphatic heterocycles. The van der Waals surface area contributed by atoms with Crippen molar-refractivity contribution in [3.8, 4) is 0 Å². The van der Waals surface area contributed by atoms with Crippen molar-refractivity contribution in [2.45, 2.75) is 77.9 Å². The molecular weight excluding hydrogens is 376 g/mol. The number of hydrogen-bond acceptors (Lipinski definition) is 4. The second kappa shape index (κ2) is 6.12. The van der Waals surface area contributed by atoms with Crippen molar-refractivity contribution in [3.63, 3.8) is 0 Å². The standard InChI is InChI=1S/C26H34O4/c1-23(2)20-14-21(27)26(5)18-7-6-17(16-10-13-29-15-16)24(18,3)11-8-19(26)25(20,4)12-9-22(28)30-23/h7,9-10,12-13,15,17,19-21,27H,6,8,11,14H2,1-5H3. The normalized spacial score (nSPS) is 46.9. The zero-order chi connectivity index (χ0) is 21.5. The lowest BCUT2D eigenvalue weighted by atomic mass is 9.40. The van der Waals surface area contributed by atoms with E-state index >= 15 is 0 Å². The molecule has 0 bridgehead atoms. The van der Waals surface area contributed by atoms with Gasteiger partial charge in [0.05, 0.1) is 18.6 Å². The lowest BCUT2D eigenvalue weighted by molar-refractivity contribution is -0.186. The first-order valence-electron chi connectivity index (χ1n) is 11.4. The molecule has 7 unspecified atom stereocenters. The number of aliphatic hydroxyl groups excluding tert-OH is 1. The Bertz CT molecular complexity index is 925. The van der Waals surface area contributed by atoms with Gasteiger partial charge in [-0.15, -0.1) is 0 Å². The maximum absolute atomic E-state index is 12.3. The summed E-state index contributed by atoms with van der Waals surface area (Å²) in [7, 11) is 0. The summed E-state index contributed by atoms with van der Waals surface area (Å²) < 4.78 is 11.2. The second-order valence-electron chi connectivity index (χ2n) is 11.3. The van der Waals surface area contributed by atoms with Crippen LogP contribution in [0.1, 0.15) is 71.8 Å². The molecule has 0 spiro atoms. The van der Waals surface area contributed by atoms with E-state index in [2.05, 4.69) is 39.0 Å². The predicted molar refractivity (Wildman–Crippen MR) is 115 cm³/mol. The highest BCUT2D eigenvalue weighted by Crippen LogP contribution is 2.71. The molecule has 1 aromatic rings. The summed E-state index contributed by atoms with van der Waals surface area (Å²) in [5.41, 5.74) is 1.56. The minimum atomic E-state index is -0.609. The molecule has 4 heteroatoms. The summed E-state index contributed by atoms with van der Waals surface area (Å²) in [6, 6.07) is 2.09. The lowest BCUT2D eigenvalue weighted by Gasteiger charge is -2.64. The number of hydrogen-bond donors (Lipinski definition) is 1. The van der Waals surface area contributed by atoms with Gasteiger partial charge >= 0.3 is 5.97 Å². The fourth-order valence-electron chi connectivity index (χ4n) is 8.18. The van der Waals surface area contributed by atoms with E-state index in [4.69, 9.17) is 9.15 Å². The maximum Gasteiger partial charge on any atom is 0.330 e. The molecule has 2 heterocycles. The molecule has 2 fully saturated rings. The van der Waals surface area contributed by atoms with Gasteiger partial charge in [-0.05, 0) is 73.8 Å². The van der Waals surface area contributed by atoms with Crippen molar-refractivity contribution in [3.05, 3.63) is 48.0 Å². The molecule has 0 saturated heterocycles. The van der Waals surface area contributed by atoms with Crippen LogP contribution in [0.3, 0.4) is 0 Å². The average Bonchev–Trinajstić information content (AvgIpc) is 3.28. The van der Waals surface area contributed by atoms with Gasteiger partial charge in [-0.25, -0.2) is 4.79 Å². The molecule has 4 nitrogen and oxygen atoms in total. The fourth-order valence-corrected chi connectivity index (χ4v) is 8.18. The highest BCUT2D eigenvalue weighted by molar-refractivity contribution is 5.83. The smallest absolute Gasteiger partial charge is 0.330 e. The van der Waals surface area contributed by atoms with E-state index in [-0.39, 0.29) is 34.1 Å². The molecule has 0 radical (unpaired) electrons. The monoisotopic (exact) mass is 410 g/mol. The van der Waals surface area contributed by atoms with E-state index in [0.29, 0.717) is 12.3 Å². The van der Waals surface area contributed by atoms with Crippen LogP contribution < -0.4 is 0 Å². The number of esters is 1. The molecular formula is C26H34O4. The Morgan fingerprint density at radius 2 is 1.90 bits per heavy atom. The van der Waals surface area contributed by atoms with E-state index in [1.54, 1.807) is 12.3 Å². The third-order valence-electron chi connectivity index (χ3n) is 9.58. The summed E-state index contributed by atoms with van der Waals surface area (Å²) in [5, 5.41) is 11.7. The number of carbonyl (C=O) groups is 1. The van der Waals surface area contributed by atoms with Crippen LogP contribution in [0.2, 0.25) is 0 Å². The van der Waals surface area contributed by atoms with Crippen LogP contribution >= 0.6 is 0 Å². The van der Waals surface area contributed by atoms with Crippen LogP contribution in [0.25, 0.3) is 0 Å². The molecule has 3 aliphatic carbocycles. The summed E-state index contributed by atoms with van der Waals surface area (Å²) in [4.78, 5) is 12.3. The first-order valence-corrected chi connectivity index (χ1v) is 11.4. The van der Waals surface area contributed by atoms with E-state index in [1.807, 2.05) is 20.1 Å². The quantitative estimate of drug-likeness (QED) is 0.498. The van der Waals surface area contributed by atoms with Gasteiger partial charge in [-0.3, -0.25) is 0 Å². The van der Waals surface area contributed by atoms with Crippen molar-refractivity contribution < 1.29 is 19.1 Å². The van der Waals surface area contributed by atoms with Crippen LogP contribution in [0.4, 0.5) is 0 Å². The number of carbonyl (C=O) groups excluding carboxylic acids is 1. The molecule has 5 rings (SSSR count). The molecule has 4 aliphatic rings. The van der Waals surface area contributed by atoms with Crippen molar-refractivity contribution in [2.75, 3.05) is 0 Å². The summed E-state index contributed by atoms with van der Waals surface area (Å²) in [6.07, 6.45) is 13.1. The van der Waals surface area contributed by atoms with E-state index in [0.717, 1.165) is 19.3 Å². The first kappa shape index (κ1) is 20.1. The Morgan fingerprint density at radius 3 is 2.60 bits per heavy atom. The van der Waals surface area contributed by atoms with Crippen LogP contribution in [0, 0.1) is 28.1 Å². The van der Waals surface area contributed by atoms with Gasteiger partial charge in [0.2, 0.25) is 0 Å². The molecule has 0 amide bonds.